The molecule has 3 aromatic carbocycles. The fourth-order valence-electron chi connectivity index (χ4n) is 2.22. The zero-order valence-corrected chi connectivity index (χ0v) is 15.0. The molecule has 0 atom stereocenters. The number of halogens is 1. The van der Waals surface area contributed by atoms with Crippen LogP contribution in [0.2, 0.25) is 0 Å². The van der Waals surface area contributed by atoms with Gasteiger partial charge in [-0.05, 0) is 64.5 Å². The first-order valence-corrected chi connectivity index (χ1v) is 8.61. The molecule has 0 radical (unpaired) electrons. The number of hydrogen-bond acceptors (Lipinski definition) is 3. The summed E-state index contributed by atoms with van der Waals surface area (Å²) in [5, 5.41) is 5.94. The number of anilines is 2. The Kier molecular flexibility index (Phi) is 5.69. The van der Waals surface area contributed by atoms with E-state index < -0.39 is 0 Å². The number of carbonyl (C=O) groups is 1. The number of carbonyl (C=O) groups excluding carboxylic acids is 1. The lowest BCUT2D eigenvalue weighted by molar-refractivity contribution is -0.114. The van der Waals surface area contributed by atoms with Gasteiger partial charge in [0.15, 0.2) is 0 Å². The molecule has 0 aliphatic carbocycles. The van der Waals surface area contributed by atoms with E-state index in [1.807, 2.05) is 78.9 Å². The first-order valence-electron chi connectivity index (χ1n) is 7.82. The molecular formula is C20H17BrN2O2. The zero-order chi connectivity index (χ0) is 17.5. The van der Waals surface area contributed by atoms with Crippen molar-refractivity contribution >= 4 is 33.2 Å². The maximum Gasteiger partial charge on any atom is 0.243 e. The Morgan fingerprint density at radius 1 is 0.840 bits per heavy atom. The molecule has 5 heteroatoms. The molecule has 0 aliphatic rings. The largest absolute Gasteiger partial charge is 0.457 e. The van der Waals surface area contributed by atoms with Gasteiger partial charge in [-0.15, -0.1) is 0 Å². The summed E-state index contributed by atoms with van der Waals surface area (Å²) in [6.07, 6.45) is 0. The van der Waals surface area contributed by atoms with Crippen LogP contribution in [0.1, 0.15) is 0 Å². The maximum absolute atomic E-state index is 12.1. The normalized spacial score (nSPS) is 10.1. The summed E-state index contributed by atoms with van der Waals surface area (Å²) < 4.78 is 6.65. The van der Waals surface area contributed by atoms with E-state index in [1.165, 1.54) is 0 Å². The Labute approximate surface area is 155 Å². The van der Waals surface area contributed by atoms with E-state index in [4.69, 9.17) is 4.74 Å². The number of ether oxygens (including phenoxy) is 1. The van der Waals surface area contributed by atoms with Crippen molar-refractivity contribution in [2.24, 2.45) is 0 Å². The monoisotopic (exact) mass is 396 g/mol. The molecule has 1 amide bonds. The Morgan fingerprint density at radius 2 is 1.48 bits per heavy atom. The minimum atomic E-state index is -0.118. The summed E-state index contributed by atoms with van der Waals surface area (Å²) in [5.74, 6) is 1.37. The van der Waals surface area contributed by atoms with Gasteiger partial charge in [0.25, 0.3) is 0 Å². The van der Waals surface area contributed by atoms with Crippen LogP contribution >= 0.6 is 15.9 Å². The highest BCUT2D eigenvalue weighted by Gasteiger charge is 2.04. The number of benzene rings is 3. The summed E-state index contributed by atoms with van der Waals surface area (Å²) in [6, 6.07) is 24.5. The second kappa shape index (κ2) is 8.35. The molecule has 0 saturated carbocycles. The van der Waals surface area contributed by atoms with Crippen LogP contribution in [-0.2, 0) is 4.79 Å². The van der Waals surface area contributed by atoms with E-state index in [9.17, 15) is 4.79 Å². The number of hydrogen-bond donors (Lipinski definition) is 2. The van der Waals surface area contributed by atoms with E-state index >= 15 is 0 Å². The fourth-order valence-corrected chi connectivity index (χ4v) is 2.64. The molecule has 0 heterocycles. The van der Waals surface area contributed by atoms with Crippen LogP contribution in [-0.4, -0.2) is 12.5 Å². The average molecular weight is 397 g/mol. The molecule has 3 aromatic rings. The maximum atomic E-state index is 12.1. The van der Waals surface area contributed by atoms with Crippen LogP contribution in [0.5, 0.6) is 11.5 Å². The van der Waals surface area contributed by atoms with Crippen molar-refractivity contribution in [2.45, 2.75) is 0 Å². The van der Waals surface area contributed by atoms with Crippen molar-refractivity contribution in [1.29, 1.82) is 0 Å². The molecule has 3 rings (SSSR count). The molecular weight excluding hydrogens is 380 g/mol. The third kappa shape index (κ3) is 5.09. The van der Waals surface area contributed by atoms with Crippen LogP contribution in [0, 0.1) is 0 Å². The standard InChI is InChI=1S/C20H17BrN2O2/c21-18-8-4-5-9-19(18)22-14-20(24)23-15-10-12-17(13-11-15)25-16-6-2-1-3-7-16/h1-13,22H,14H2,(H,23,24). The summed E-state index contributed by atoms with van der Waals surface area (Å²) in [6.45, 7) is 0.185. The van der Waals surface area contributed by atoms with Crippen molar-refractivity contribution in [2.75, 3.05) is 17.2 Å². The van der Waals surface area contributed by atoms with E-state index in [-0.39, 0.29) is 12.5 Å². The van der Waals surface area contributed by atoms with Crippen LogP contribution in [0.25, 0.3) is 0 Å². The van der Waals surface area contributed by atoms with Gasteiger partial charge in [0.1, 0.15) is 11.5 Å². The van der Waals surface area contributed by atoms with Gasteiger partial charge in [0.2, 0.25) is 5.91 Å². The van der Waals surface area contributed by atoms with Crippen LogP contribution in [0.4, 0.5) is 11.4 Å². The van der Waals surface area contributed by atoms with Gasteiger partial charge in [-0.2, -0.15) is 0 Å². The fraction of sp³-hybridized carbons (Fsp3) is 0.0500. The summed E-state index contributed by atoms with van der Waals surface area (Å²) >= 11 is 3.44. The summed E-state index contributed by atoms with van der Waals surface area (Å²) in [5.41, 5.74) is 1.60. The van der Waals surface area contributed by atoms with Crippen molar-refractivity contribution in [3.63, 3.8) is 0 Å². The first-order chi connectivity index (χ1) is 12.2. The highest BCUT2D eigenvalue weighted by molar-refractivity contribution is 9.10. The van der Waals surface area contributed by atoms with Gasteiger partial charge in [0.05, 0.1) is 6.54 Å². The van der Waals surface area contributed by atoms with E-state index in [0.717, 1.165) is 27.3 Å². The number of rotatable bonds is 6. The zero-order valence-electron chi connectivity index (χ0n) is 13.4. The van der Waals surface area contributed by atoms with E-state index in [1.54, 1.807) is 0 Å². The van der Waals surface area contributed by atoms with Crippen LogP contribution in [0.3, 0.4) is 0 Å². The Balaban J connectivity index is 1.52. The van der Waals surface area contributed by atoms with Crippen molar-refractivity contribution < 1.29 is 9.53 Å². The number of nitrogens with one attached hydrogen (secondary N) is 2. The van der Waals surface area contributed by atoms with Crippen LogP contribution < -0.4 is 15.4 Å². The van der Waals surface area contributed by atoms with Crippen molar-refractivity contribution in [1.82, 2.24) is 0 Å². The van der Waals surface area contributed by atoms with Crippen LogP contribution in [0.15, 0.2) is 83.3 Å². The molecule has 0 aliphatic heterocycles. The average Bonchev–Trinajstić information content (AvgIpc) is 2.64. The highest BCUT2D eigenvalue weighted by Crippen LogP contribution is 2.23. The Morgan fingerprint density at radius 3 is 2.20 bits per heavy atom. The van der Waals surface area contributed by atoms with Gasteiger partial charge < -0.3 is 15.4 Å². The van der Waals surface area contributed by atoms with Crippen molar-refractivity contribution in [3.8, 4) is 11.5 Å². The molecule has 2 N–H and O–H groups in total. The minimum Gasteiger partial charge on any atom is -0.457 e. The molecule has 0 unspecified atom stereocenters. The number of amides is 1. The van der Waals surface area contributed by atoms with Gasteiger partial charge >= 0.3 is 0 Å². The predicted octanol–water partition coefficient (Wildman–Crippen LogP) is 5.29. The predicted molar refractivity (Wildman–Crippen MR) is 104 cm³/mol. The molecule has 0 saturated heterocycles. The second-order valence-electron chi connectivity index (χ2n) is 5.32. The van der Waals surface area contributed by atoms with E-state index in [0.29, 0.717) is 0 Å². The Bertz CT molecular complexity index is 836. The van der Waals surface area contributed by atoms with Gasteiger partial charge in [-0.25, -0.2) is 0 Å². The van der Waals surface area contributed by atoms with E-state index in [2.05, 4.69) is 26.6 Å². The molecule has 0 spiro atoms. The highest BCUT2D eigenvalue weighted by atomic mass is 79.9. The van der Waals surface area contributed by atoms with Gasteiger partial charge in [0, 0.05) is 15.8 Å². The SMILES string of the molecule is O=C(CNc1ccccc1Br)Nc1ccc(Oc2ccccc2)cc1. The smallest absolute Gasteiger partial charge is 0.243 e. The Hall–Kier alpha value is -2.79. The molecule has 0 bridgehead atoms. The van der Waals surface area contributed by atoms with Gasteiger partial charge in [-0.3, -0.25) is 4.79 Å². The summed E-state index contributed by atoms with van der Waals surface area (Å²) in [4.78, 5) is 12.1. The lowest BCUT2D eigenvalue weighted by atomic mass is 10.3. The van der Waals surface area contributed by atoms with Gasteiger partial charge in [-0.1, -0.05) is 30.3 Å². The first kappa shape index (κ1) is 17.0. The molecule has 0 fully saturated rings. The number of para-hydroxylation sites is 2. The molecule has 25 heavy (non-hydrogen) atoms. The molecule has 126 valence electrons. The second-order valence-corrected chi connectivity index (χ2v) is 6.18. The topological polar surface area (TPSA) is 50.4 Å². The molecule has 0 aromatic heterocycles. The minimum absolute atomic E-state index is 0.118. The quantitative estimate of drug-likeness (QED) is 0.594. The molecule has 4 nitrogen and oxygen atoms in total. The third-order valence-electron chi connectivity index (χ3n) is 3.43. The van der Waals surface area contributed by atoms with Crippen molar-refractivity contribution in [3.05, 3.63) is 83.3 Å². The summed E-state index contributed by atoms with van der Waals surface area (Å²) in [7, 11) is 0. The third-order valence-corrected chi connectivity index (χ3v) is 4.12. The lowest BCUT2D eigenvalue weighted by Crippen LogP contribution is -2.21. The lowest BCUT2D eigenvalue weighted by Gasteiger charge is -2.10.